The number of carbonyl (C=O) groups excluding carboxylic acids is 1. The molecule has 0 spiro atoms. The molecule has 1 fully saturated rings. The molecule has 1 amide bonds. The standard InChI is InChI=1S/C12H19N3O2S/c1-9-14-11(8-18-9)6-15(2)12(16)5-10-7-17-4-3-13-10/h8,10,13H,3-7H2,1-2H3. The van der Waals surface area contributed by atoms with E-state index in [9.17, 15) is 4.79 Å². The van der Waals surface area contributed by atoms with Gasteiger partial charge in [0.1, 0.15) is 0 Å². The van der Waals surface area contributed by atoms with Crippen molar-refractivity contribution in [1.29, 1.82) is 0 Å². The molecule has 1 aromatic heterocycles. The zero-order valence-electron chi connectivity index (χ0n) is 10.8. The minimum absolute atomic E-state index is 0.128. The number of hydrogen-bond donors (Lipinski definition) is 1. The summed E-state index contributed by atoms with van der Waals surface area (Å²) in [6, 6.07) is 0.144. The average Bonchev–Trinajstić information content (AvgIpc) is 2.76. The fourth-order valence-corrected chi connectivity index (χ4v) is 2.53. The van der Waals surface area contributed by atoms with E-state index >= 15 is 0 Å². The van der Waals surface area contributed by atoms with E-state index in [1.54, 1.807) is 16.2 Å². The number of ether oxygens (including phenoxy) is 1. The fraction of sp³-hybridized carbons (Fsp3) is 0.667. The second kappa shape index (κ2) is 6.26. The summed E-state index contributed by atoms with van der Waals surface area (Å²) >= 11 is 1.61. The Labute approximate surface area is 111 Å². The first-order valence-corrected chi connectivity index (χ1v) is 6.99. The van der Waals surface area contributed by atoms with Gasteiger partial charge in [-0.2, -0.15) is 0 Å². The lowest BCUT2D eigenvalue weighted by Crippen LogP contribution is -2.44. The van der Waals surface area contributed by atoms with Gasteiger partial charge in [-0.25, -0.2) is 4.98 Å². The molecule has 1 saturated heterocycles. The number of aryl methyl sites for hydroxylation is 1. The van der Waals surface area contributed by atoms with Gasteiger partial charge in [-0.05, 0) is 6.92 Å². The lowest BCUT2D eigenvalue weighted by molar-refractivity contribution is -0.131. The molecule has 2 heterocycles. The van der Waals surface area contributed by atoms with Crippen molar-refractivity contribution in [3.8, 4) is 0 Å². The van der Waals surface area contributed by atoms with Gasteiger partial charge in [0, 0.05) is 31.4 Å². The van der Waals surface area contributed by atoms with Gasteiger partial charge in [0.25, 0.3) is 0 Å². The van der Waals surface area contributed by atoms with Crippen molar-refractivity contribution < 1.29 is 9.53 Å². The van der Waals surface area contributed by atoms with Gasteiger partial charge < -0.3 is 15.0 Å². The number of nitrogens with one attached hydrogen (secondary N) is 1. The lowest BCUT2D eigenvalue weighted by atomic mass is 10.2. The zero-order chi connectivity index (χ0) is 13.0. The summed E-state index contributed by atoms with van der Waals surface area (Å²) in [5, 5.41) is 6.32. The number of nitrogens with zero attached hydrogens (tertiary/aromatic N) is 2. The Morgan fingerprint density at radius 2 is 2.56 bits per heavy atom. The molecule has 100 valence electrons. The Hall–Kier alpha value is -0.980. The second-order valence-electron chi connectivity index (χ2n) is 4.54. The molecule has 1 aliphatic rings. The predicted octanol–water partition coefficient (Wildman–Crippen LogP) is 0.788. The molecule has 1 unspecified atom stereocenters. The first kappa shape index (κ1) is 13.5. The zero-order valence-corrected chi connectivity index (χ0v) is 11.6. The van der Waals surface area contributed by atoms with Crippen molar-refractivity contribution in [1.82, 2.24) is 15.2 Å². The van der Waals surface area contributed by atoms with Crippen LogP contribution in [-0.2, 0) is 16.1 Å². The predicted molar refractivity (Wildman–Crippen MR) is 70.6 cm³/mol. The molecule has 1 aromatic rings. The largest absolute Gasteiger partial charge is 0.378 e. The molecule has 1 atom stereocenters. The molecule has 0 radical (unpaired) electrons. The topological polar surface area (TPSA) is 54.5 Å². The molecule has 0 aromatic carbocycles. The van der Waals surface area contributed by atoms with Crippen molar-refractivity contribution in [3.05, 3.63) is 16.1 Å². The van der Waals surface area contributed by atoms with Crippen molar-refractivity contribution in [2.24, 2.45) is 0 Å². The summed E-state index contributed by atoms with van der Waals surface area (Å²) in [6.07, 6.45) is 0.486. The van der Waals surface area contributed by atoms with Crippen LogP contribution in [0.3, 0.4) is 0 Å². The van der Waals surface area contributed by atoms with Crippen LogP contribution in [0.5, 0.6) is 0 Å². The summed E-state index contributed by atoms with van der Waals surface area (Å²) in [6.45, 7) is 4.73. The number of carbonyl (C=O) groups is 1. The molecule has 18 heavy (non-hydrogen) atoms. The Bertz CT molecular complexity index is 402. The number of hydrogen-bond acceptors (Lipinski definition) is 5. The van der Waals surface area contributed by atoms with Crippen LogP contribution < -0.4 is 5.32 Å². The molecule has 1 N–H and O–H groups in total. The monoisotopic (exact) mass is 269 g/mol. The number of morpholine rings is 1. The average molecular weight is 269 g/mol. The van der Waals surface area contributed by atoms with Crippen LogP contribution in [0.1, 0.15) is 17.1 Å². The smallest absolute Gasteiger partial charge is 0.224 e. The molecule has 6 heteroatoms. The third kappa shape index (κ3) is 3.76. The first-order chi connectivity index (χ1) is 8.65. The summed E-state index contributed by atoms with van der Waals surface area (Å²) in [5.41, 5.74) is 0.959. The van der Waals surface area contributed by atoms with E-state index in [-0.39, 0.29) is 11.9 Å². The van der Waals surface area contributed by atoms with E-state index < -0.39 is 0 Å². The summed E-state index contributed by atoms with van der Waals surface area (Å²) in [5.74, 6) is 0.128. The molecular weight excluding hydrogens is 250 g/mol. The van der Waals surface area contributed by atoms with Crippen LogP contribution in [0.4, 0.5) is 0 Å². The van der Waals surface area contributed by atoms with E-state index in [0.717, 1.165) is 23.9 Å². The number of thiazole rings is 1. The molecule has 0 bridgehead atoms. The molecule has 0 aliphatic carbocycles. The van der Waals surface area contributed by atoms with E-state index in [4.69, 9.17) is 4.74 Å². The highest BCUT2D eigenvalue weighted by molar-refractivity contribution is 7.09. The maximum atomic E-state index is 12.0. The quantitative estimate of drug-likeness (QED) is 0.878. The lowest BCUT2D eigenvalue weighted by Gasteiger charge is -2.25. The van der Waals surface area contributed by atoms with Crippen LogP contribution in [0.25, 0.3) is 0 Å². The fourth-order valence-electron chi connectivity index (χ4n) is 1.93. The van der Waals surface area contributed by atoms with Crippen molar-refractivity contribution in [2.45, 2.75) is 25.9 Å². The normalized spacial score (nSPS) is 19.8. The van der Waals surface area contributed by atoms with E-state index in [2.05, 4.69) is 10.3 Å². The van der Waals surface area contributed by atoms with Crippen LogP contribution >= 0.6 is 11.3 Å². The van der Waals surface area contributed by atoms with Crippen LogP contribution in [-0.4, -0.2) is 48.6 Å². The molecule has 2 rings (SSSR count). The van der Waals surface area contributed by atoms with Gasteiger partial charge in [-0.15, -0.1) is 11.3 Å². The van der Waals surface area contributed by atoms with E-state index in [1.165, 1.54) is 0 Å². The Balaban J connectivity index is 1.80. The van der Waals surface area contributed by atoms with Gasteiger partial charge in [0.05, 0.1) is 30.5 Å². The van der Waals surface area contributed by atoms with Gasteiger partial charge in [0.15, 0.2) is 0 Å². The van der Waals surface area contributed by atoms with Crippen LogP contribution in [0, 0.1) is 6.92 Å². The Morgan fingerprint density at radius 1 is 1.72 bits per heavy atom. The van der Waals surface area contributed by atoms with Crippen LogP contribution in [0.15, 0.2) is 5.38 Å². The van der Waals surface area contributed by atoms with Crippen molar-refractivity contribution in [2.75, 3.05) is 26.8 Å². The number of aromatic nitrogens is 1. The van der Waals surface area contributed by atoms with E-state index in [1.807, 2.05) is 19.4 Å². The van der Waals surface area contributed by atoms with Crippen molar-refractivity contribution in [3.63, 3.8) is 0 Å². The SMILES string of the molecule is Cc1nc(CN(C)C(=O)CC2COCCN2)cs1. The van der Waals surface area contributed by atoms with Crippen LogP contribution in [0.2, 0.25) is 0 Å². The van der Waals surface area contributed by atoms with Gasteiger partial charge in [-0.3, -0.25) is 4.79 Å². The highest BCUT2D eigenvalue weighted by Gasteiger charge is 2.19. The highest BCUT2D eigenvalue weighted by atomic mass is 32.1. The first-order valence-electron chi connectivity index (χ1n) is 6.11. The van der Waals surface area contributed by atoms with Gasteiger partial charge in [0.2, 0.25) is 5.91 Å². The summed E-state index contributed by atoms with van der Waals surface area (Å²) < 4.78 is 5.34. The third-order valence-corrected chi connectivity index (χ3v) is 3.73. The molecule has 0 saturated carbocycles. The molecular formula is C12H19N3O2S. The number of amides is 1. The highest BCUT2D eigenvalue weighted by Crippen LogP contribution is 2.11. The number of rotatable bonds is 4. The van der Waals surface area contributed by atoms with Crippen molar-refractivity contribution >= 4 is 17.2 Å². The van der Waals surface area contributed by atoms with E-state index in [0.29, 0.717) is 19.6 Å². The molecule has 5 nitrogen and oxygen atoms in total. The Kier molecular flexibility index (Phi) is 4.68. The summed E-state index contributed by atoms with van der Waals surface area (Å²) in [4.78, 5) is 18.1. The maximum absolute atomic E-state index is 12.0. The van der Waals surface area contributed by atoms with Gasteiger partial charge >= 0.3 is 0 Å². The Morgan fingerprint density at radius 3 is 3.17 bits per heavy atom. The third-order valence-electron chi connectivity index (χ3n) is 2.91. The molecule has 1 aliphatic heterocycles. The summed E-state index contributed by atoms with van der Waals surface area (Å²) in [7, 11) is 1.82. The minimum atomic E-state index is 0.128. The maximum Gasteiger partial charge on any atom is 0.224 e. The minimum Gasteiger partial charge on any atom is -0.378 e. The van der Waals surface area contributed by atoms with Gasteiger partial charge in [-0.1, -0.05) is 0 Å². The second-order valence-corrected chi connectivity index (χ2v) is 5.60.